The highest BCUT2D eigenvalue weighted by molar-refractivity contribution is 9.10. The standard InChI is InChI=1S/C15H23BrN2O.C2H2O4/c1-13-12-14(16)4-5-15(13)19-11-3-2-8-18-9-6-17-7-10-18;3-1(4)2(5)6/h4-5,12,17H,2-3,6-11H2,1H3;(H,3,4)(H,5,6). The molecule has 25 heavy (non-hydrogen) atoms. The first kappa shape index (κ1) is 21.4. The summed E-state index contributed by atoms with van der Waals surface area (Å²) in [7, 11) is 0. The molecular formula is C17H25BrN2O5. The smallest absolute Gasteiger partial charge is 0.414 e. The molecular weight excluding hydrogens is 392 g/mol. The van der Waals surface area contributed by atoms with Gasteiger partial charge in [0, 0.05) is 30.7 Å². The van der Waals surface area contributed by atoms with Gasteiger partial charge in [0.15, 0.2) is 0 Å². The third-order valence-corrected chi connectivity index (χ3v) is 4.15. The monoisotopic (exact) mass is 416 g/mol. The Balaban J connectivity index is 0.000000450. The van der Waals surface area contributed by atoms with E-state index in [9.17, 15) is 0 Å². The van der Waals surface area contributed by atoms with Crippen LogP contribution in [-0.2, 0) is 9.59 Å². The van der Waals surface area contributed by atoms with Crippen molar-refractivity contribution in [3.63, 3.8) is 0 Å². The molecule has 0 unspecified atom stereocenters. The van der Waals surface area contributed by atoms with Gasteiger partial charge >= 0.3 is 11.9 Å². The molecule has 3 N–H and O–H groups in total. The van der Waals surface area contributed by atoms with Gasteiger partial charge in [-0.3, -0.25) is 0 Å². The van der Waals surface area contributed by atoms with Gasteiger partial charge in [0.2, 0.25) is 0 Å². The lowest BCUT2D eigenvalue weighted by atomic mass is 10.2. The summed E-state index contributed by atoms with van der Waals surface area (Å²) in [5, 5.41) is 18.2. The molecule has 1 aliphatic rings. The van der Waals surface area contributed by atoms with Crippen LogP contribution in [0.2, 0.25) is 0 Å². The molecule has 0 bridgehead atoms. The van der Waals surface area contributed by atoms with Crippen molar-refractivity contribution in [3.8, 4) is 5.75 Å². The molecule has 0 amide bonds. The first-order valence-corrected chi connectivity index (χ1v) is 8.97. The average Bonchev–Trinajstić information content (AvgIpc) is 2.58. The van der Waals surface area contributed by atoms with Crippen LogP contribution in [0.4, 0.5) is 0 Å². The van der Waals surface area contributed by atoms with Crippen LogP contribution in [0, 0.1) is 6.92 Å². The van der Waals surface area contributed by atoms with Gasteiger partial charge in [-0.25, -0.2) is 9.59 Å². The molecule has 1 saturated heterocycles. The van der Waals surface area contributed by atoms with Crippen molar-refractivity contribution in [2.45, 2.75) is 19.8 Å². The summed E-state index contributed by atoms with van der Waals surface area (Å²) < 4.78 is 6.94. The average molecular weight is 417 g/mol. The fraction of sp³-hybridized carbons (Fsp3) is 0.529. The van der Waals surface area contributed by atoms with Crippen molar-refractivity contribution in [1.82, 2.24) is 10.2 Å². The number of carboxylic acid groups (broad SMARTS) is 2. The first-order chi connectivity index (χ1) is 11.9. The number of benzene rings is 1. The molecule has 1 aromatic carbocycles. The number of rotatable bonds is 6. The second-order valence-electron chi connectivity index (χ2n) is 5.67. The Labute approximate surface area is 156 Å². The van der Waals surface area contributed by atoms with E-state index < -0.39 is 11.9 Å². The predicted octanol–water partition coefficient (Wildman–Crippen LogP) is 1.98. The van der Waals surface area contributed by atoms with Gasteiger partial charge in [-0.15, -0.1) is 0 Å². The number of ether oxygens (including phenoxy) is 1. The molecule has 0 atom stereocenters. The summed E-state index contributed by atoms with van der Waals surface area (Å²) >= 11 is 3.47. The van der Waals surface area contributed by atoms with Crippen LogP contribution in [-0.4, -0.2) is 66.4 Å². The number of piperazine rings is 1. The Morgan fingerprint density at radius 2 is 1.84 bits per heavy atom. The Morgan fingerprint density at radius 3 is 2.40 bits per heavy atom. The third kappa shape index (κ3) is 9.42. The van der Waals surface area contributed by atoms with Gasteiger partial charge in [0.1, 0.15) is 5.75 Å². The minimum absolute atomic E-state index is 0.814. The Kier molecular flexibility index (Phi) is 10.1. The Morgan fingerprint density at radius 1 is 1.20 bits per heavy atom. The maximum absolute atomic E-state index is 9.10. The van der Waals surface area contributed by atoms with Crippen molar-refractivity contribution in [1.29, 1.82) is 0 Å². The fourth-order valence-electron chi connectivity index (χ4n) is 2.33. The van der Waals surface area contributed by atoms with Crippen LogP contribution >= 0.6 is 15.9 Å². The van der Waals surface area contributed by atoms with Gasteiger partial charge in [-0.2, -0.15) is 0 Å². The number of halogens is 1. The second kappa shape index (κ2) is 11.8. The lowest BCUT2D eigenvalue weighted by molar-refractivity contribution is -0.159. The lowest BCUT2D eigenvalue weighted by Crippen LogP contribution is -2.43. The maximum atomic E-state index is 9.10. The van der Waals surface area contributed by atoms with Crippen LogP contribution in [0.1, 0.15) is 18.4 Å². The molecule has 0 aliphatic carbocycles. The number of carbonyl (C=O) groups is 2. The van der Waals surface area contributed by atoms with E-state index in [-0.39, 0.29) is 0 Å². The van der Waals surface area contributed by atoms with Crippen molar-refractivity contribution in [2.75, 3.05) is 39.3 Å². The third-order valence-electron chi connectivity index (χ3n) is 3.66. The summed E-state index contributed by atoms with van der Waals surface area (Å²) in [5.41, 5.74) is 1.19. The number of nitrogens with zero attached hydrogens (tertiary/aromatic N) is 1. The molecule has 7 nitrogen and oxygen atoms in total. The van der Waals surface area contributed by atoms with Crippen LogP contribution in [0.5, 0.6) is 5.75 Å². The van der Waals surface area contributed by atoms with E-state index in [1.54, 1.807) is 0 Å². The van der Waals surface area contributed by atoms with Crippen LogP contribution in [0.3, 0.4) is 0 Å². The van der Waals surface area contributed by atoms with Crippen molar-refractivity contribution < 1.29 is 24.5 Å². The SMILES string of the molecule is Cc1cc(Br)ccc1OCCCCN1CCNCC1.O=C(O)C(=O)O. The van der Waals surface area contributed by atoms with Crippen molar-refractivity contribution in [3.05, 3.63) is 28.2 Å². The van der Waals surface area contributed by atoms with E-state index in [2.05, 4.69) is 39.1 Å². The van der Waals surface area contributed by atoms with Gasteiger partial charge in [0.05, 0.1) is 6.61 Å². The summed E-state index contributed by atoms with van der Waals surface area (Å²) in [6.07, 6.45) is 2.34. The molecule has 1 aliphatic heterocycles. The molecule has 1 aromatic rings. The summed E-state index contributed by atoms with van der Waals surface area (Å²) in [6.45, 7) is 8.74. The zero-order valence-corrected chi connectivity index (χ0v) is 15.9. The molecule has 8 heteroatoms. The van der Waals surface area contributed by atoms with Crippen LogP contribution in [0.15, 0.2) is 22.7 Å². The fourth-order valence-corrected chi connectivity index (χ4v) is 2.80. The minimum Gasteiger partial charge on any atom is -0.493 e. The molecule has 1 fully saturated rings. The summed E-state index contributed by atoms with van der Waals surface area (Å²) in [6, 6.07) is 6.16. The lowest BCUT2D eigenvalue weighted by Gasteiger charge is -2.27. The van der Waals surface area contributed by atoms with Crippen LogP contribution in [0.25, 0.3) is 0 Å². The number of carboxylic acids is 2. The van der Waals surface area contributed by atoms with E-state index in [0.29, 0.717) is 0 Å². The molecule has 1 heterocycles. The van der Waals surface area contributed by atoms with Gasteiger partial charge in [-0.1, -0.05) is 15.9 Å². The number of hydrogen-bond donors (Lipinski definition) is 3. The first-order valence-electron chi connectivity index (χ1n) is 8.18. The van der Waals surface area contributed by atoms with Crippen molar-refractivity contribution >= 4 is 27.9 Å². The highest BCUT2D eigenvalue weighted by atomic mass is 79.9. The van der Waals surface area contributed by atoms with Crippen molar-refractivity contribution in [2.24, 2.45) is 0 Å². The highest BCUT2D eigenvalue weighted by Gasteiger charge is 2.08. The topological polar surface area (TPSA) is 99.1 Å². The van der Waals surface area contributed by atoms with Crippen LogP contribution < -0.4 is 10.1 Å². The number of hydrogen-bond acceptors (Lipinski definition) is 5. The molecule has 0 radical (unpaired) electrons. The highest BCUT2D eigenvalue weighted by Crippen LogP contribution is 2.22. The molecule has 0 spiro atoms. The summed E-state index contributed by atoms with van der Waals surface area (Å²) in [5.74, 6) is -2.64. The molecule has 0 aromatic heterocycles. The number of aryl methyl sites for hydroxylation is 1. The predicted molar refractivity (Wildman–Crippen MR) is 98.2 cm³/mol. The zero-order chi connectivity index (χ0) is 18.7. The number of nitrogens with one attached hydrogen (secondary N) is 1. The largest absolute Gasteiger partial charge is 0.493 e. The van der Waals surface area contributed by atoms with Gasteiger partial charge in [0.25, 0.3) is 0 Å². The van der Waals surface area contributed by atoms with E-state index in [4.69, 9.17) is 24.5 Å². The minimum atomic E-state index is -1.82. The Hall–Kier alpha value is -1.64. The maximum Gasteiger partial charge on any atom is 0.414 e. The number of unbranched alkanes of at least 4 members (excludes halogenated alkanes) is 1. The Bertz CT molecular complexity index is 550. The zero-order valence-electron chi connectivity index (χ0n) is 14.3. The van der Waals surface area contributed by atoms with Gasteiger partial charge in [-0.05, 0) is 50.1 Å². The quantitative estimate of drug-likeness (QED) is 0.481. The summed E-state index contributed by atoms with van der Waals surface area (Å²) in [4.78, 5) is 20.7. The normalized spacial score (nSPS) is 14.3. The second-order valence-corrected chi connectivity index (χ2v) is 6.58. The molecule has 140 valence electrons. The van der Waals surface area contributed by atoms with E-state index >= 15 is 0 Å². The molecule has 0 saturated carbocycles. The number of aliphatic carboxylic acids is 2. The molecule has 2 rings (SSSR count). The van der Waals surface area contributed by atoms with E-state index in [1.807, 2.05) is 12.1 Å². The van der Waals surface area contributed by atoms with E-state index in [0.717, 1.165) is 36.3 Å². The van der Waals surface area contributed by atoms with Gasteiger partial charge < -0.3 is 25.2 Å². The van der Waals surface area contributed by atoms with E-state index in [1.165, 1.54) is 31.6 Å².